The molecule has 2 aliphatic heterocycles. The van der Waals surface area contributed by atoms with Crippen LogP contribution < -0.4 is 14.2 Å². The molecule has 3 rings (SSSR count). The average molecular weight is 248 g/mol. The maximum Gasteiger partial charge on any atom is 0.318 e. The summed E-state index contributed by atoms with van der Waals surface area (Å²) < 4.78 is 15.9. The Hall–Kier alpha value is -1.71. The molecule has 4 heteroatoms. The SMILES string of the molecule is CCCCC[C@@H]1C(=O)Oc2cc3c(cc21)OCO3. The van der Waals surface area contributed by atoms with E-state index < -0.39 is 0 Å². The van der Waals surface area contributed by atoms with Crippen LogP contribution in [0.5, 0.6) is 17.2 Å². The van der Waals surface area contributed by atoms with Crippen LogP contribution in [-0.4, -0.2) is 12.8 Å². The van der Waals surface area contributed by atoms with Gasteiger partial charge in [0.25, 0.3) is 0 Å². The zero-order valence-electron chi connectivity index (χ0n) is 10.4. The second-order valence-corrected chi connectivity index (χ2v) is 4.71. The van der Waals surface area contributed by atoms with Gasteiger partial charge in [0.15, 0.2) is 11.5 Å². The Morgan fingerprint density at radius 3 is 2.72 bits per heavy atom. The lowest BCUT2D eigenvalue weighted by Crippen LogP contribution is -2.10. The Morgan fingerprint density at radius 1 is 1.17 bits per heavy atom. The molecule has 18 heavy (non-hydrogen) atoms. The van der Waals surface area contributed by atoms with Crippen molar-refractivity contribution in [1.29, 1.82) is 0 Å². The molecule has 0 saturated carbocycles. The molecule has 0 radical (unpaired) electrons. The van der Waals surface area contributed by atoms with Gasteiger partial charge in [0.05, 0.1) is 5.92 Å². The molecule has 1 atom stereocenters. The van der Waals surface area contributed by atoms with Gasteiger partial charge in [-0.25, -0.2) is 0 Å². The van der Waals surface area contributed by atoms with E-state index in [9.17, 15) is 4.79 Å². The number of hydrogen-bond donors (Lipinski definition) is 0. The molecule has 2 aliphatic rings. The van der Waals surface area contributed by atoms with Crippen molar-refractivity contribution in [1.82, 2.24) is 0 Å². The number of unbranched alkanes of at least 4 members (excludes halogenated alkanes) is 2. The van der Waals surface area contributed by atoms with Crippen LogP contribution in [0.3, 0.4) is 0 Å². The van der Waals surface area contributed by atoms with Crippen LogP contribution in [-0.2, 0) is 4.79 Å². The summed E-state index contributed by atoms with van der Waals surface area (Å²) in [6, 6.07) is 3.65. The molecule has 96 valence electrons. The van der Waals surface area contributed by atoms with Gasteiger partial charge in [-0.3, -0.25) is 4.79 Å². The predicted molar refractivity (Wildman–Crippen MR) is 65.1 cm³/mol. The van der Waals surface area contributed by atoms with Gasteiger partial charge >= 0.3 is 5.97 Å². The number of rotatable bonds is 4. The normalized spacial score (nSPS) is 19.8. The number of fused-ring (bicyclic) bond motifs is 2. The molecular weight excluding hydrogens is 232 g/mol. The second kappa shape index (κ2) is 4.52. The van der Waals surface area contributed by atoms with Crippen molar-refractivity contribution in [3.8, 4) is 17.2 Å². The van der Waals surface area contributed by atoms with Gasteiger partial charge in [0.1, 0.15) is 5.75 Å². The standard InChI is InChI=1S/C14H16O4/c1-2-3-4-5-9-10-6-12-13(17-8-16-12)7-11(10)18-14(9)15/h6-7,9H,2-5,8H2,1H3/t9-/m0/s1. The van der Waals surface area contributed by atoms with Crippen molar-refractivity contribution in [2.45, 2.75) is 38.5 Å². The summed E-state index contributed by atoms with van der Waals surface area (Å²) in [5.74, 6) is 1.72. The summed E-state index contributed by atoms with van der Waals surface area (Å²) in [7, 11) is 0. The van der Waals surface area contributed by atoms with Crippen LogP contribution in [0.4, 0.5) is 0 Å². The Bertz CT molecular complexity index is 481. The third kappa shape index (κ3) is 1.82. The molecule has 0 unspecified atom stereocenters. The van der Waals surface area contributed by atoms with Crippen LogP contribution in [0.2, 0.25) is 0 Å². The lowest BCUT2D eigenvalue weighted by molar-refractivity contribution is -0.134. The van der Waals surface area contributed by atoms with Crippen molar-refractivity contribution < 1.29 is 19.0 Å². The molecule has 0 saturated heterocycles. The summed E-state index contributed by atoms with van der Waals surface area (Å²) >= 11 is 0. The summed E-state index contributed by atoms with van der Waals surface area (Å²) in [5, 5.41) is 0. The highest BCUT2D eigenvalue weighted by atomic mass is 16.7. The largest absolute Gasteiger partial charge is 0.454 e. The van der Waals surface area contributed by atoms with Crippen LogP contribution in [0.1, 0.15) is 44.1 Å². The van der Waals surface area contributed by atoms with Crippen molar-refractivity contribution in [3.05, 3.63) is 17.7 Å². The zero-order valence-corrected chi connectivity index (χ0v) is 10.4. The monoisotopic (exact) mass is 248 g/mol. The molecule has 0 N–H and O–H groups in total. The average Bonchev–Trinajstić information content (AvgIpc) is 2.91. The van der Waals surface area contributed by atoms with Gasteiger partial charge in [0.2, 0.25) is 6.79 Å². The van der Waals surface area contributed by atoms with E-state index in [4.69, 9.17) is 14.2 Å². The molecule has 0 fully saturated rings. The fourth-order valence-corrected chi connectivity index (χ4v) is 2.48. The Balaban J connectivity index is 1.85. The lowest BCUT2D eigenvalue weighted by Gasteiger charge is -2.06. The summed E-state index contributed by atoms with van der Waals surface area (Å²) in [6.45, 7) is 2.39. The van der Waals surface area contributed by atoms with Crippen LogP contribution in [0, 0.1) is 0 Å². The van der Waals surface area contributed by atoms with Crippen molar-refractivity contribution in [2.75, 3.05) is 6.79 Å². The van der Waals surface area contributed by atoms with E-state index >= 15 is 0 Å². The van der Waals surface area contributed by atoms with Gasteiger partial charge < -0.3 is 14.2 Å². The number of carbonyl (C=O) groups is 1. The van der Waals surface area contributed by atoms with Gasteiger partial charge in [-0.1, -0.05) is 26.2 Å². The highest BCUT2D eigenvalue weighted by Gasteiger charge is 2.35. The third-order valence-electron chi connectivity index (χ3n) is 3.47. The number of esters is 1. The third-order valence-corrected chi connectivity index (χ3v) is 3.47. The highest BCUT2D eigenvalue weighted by Crippen LogP contribution is 2.45. The first kappa shape index (κ1) is 11.4. The van der Waals surface area contributed by atoms with Crippen LogP contribution in [0.15, 0.2) is 12.1 Å². The van der Waals surface area contributed by atoms with E-state index in [0.717, 1.165) is 31.2 Å². The van der Waals surface area contributed by atoms with Gasteiger partial charge in [0, 0.05) is 11.6 Å². The van der Waals surface area contributed by atoms with E-state index in [-0.39, 0.29) is 18.7 Å². The van der Waals surface area contributed by atoms with E-state index in [1.165, 1.54) is 0 Å². The first-order valence-corrected chi connectivity index (χ1v) is 6.45. The molecule has 1 aromatic rings. The Kier molecular flexibility index (Phi) is 2.86. The summed E-state index contributed by atoms with van der Waals surface area (Å²) in [5.41, 5.74) is 0.945. The molecule has 0 aliphatic carbocycles. The van der Waals surface area contributed by atoms with Crippen molar-refractivity contribution in [2.24, 2.45) is 0 Å². The number of benzene rings is 1. The molecule has 1 aromatic carbocycles. The fraction of sp³-hybridized carbons (Fsp3) is 0.500. The minimum atomic E-state index is -0.148. The lowest BCUT2D eigenvalue weighted by atomic mass is 9.94. The van der Waals surface area contributed by atoms with Gasteiger partial charge in [-0.05, 0) is 12.5 Å². The van der Waals surface area contributed by atoms with Crippen LogP contribution in [0.25, 0.3) is 0 Å². The quantitative estimate of drug-likeness (QED) is 0.467. The van der Waals surface area contributed by atoms with Gasteiger partial charge in [-0.2, -0.15) is 0 Å². The zero-order chi connectivity index (χ0) is 12.5. The fourth-order valence-electron chi connectivity index (χ4n) is 2.48. The molecule has 2 heterocycles. The predicted octanol–water partition coefficient (Wildman–Crippen LogP) is 3.00. The first-order chi connectivity index (χ1) is 8.79. The second-order valence-electron chi connectivity index (χ2n) is 4.71. The van der Waals surface area contributed by atoms with Crippen molar-refractivity contribution >= 4 is 5.97 Å². The van der Waals surface area contributed by atoms with Gasteiger partial charge in [-0.15, -0.1) is 0 Å². The van der Waals surface area contributed by atoms with Crippen LogP contribution >= 0.6 is 0 Å². The topological polar surface area (TPSA) is 44.8 Å². The maximum atomic E-state index is 11.9. The smallest absolute Gasteiger partial charge is 0.318 e. The molecule has 0 bridgehead atoms. The molecular formula is C14H16O4. The maximum absolute atomic E-state index is 11.9. The minimum absolute atomic E-state index is 0.138. The molecule has 0 spiro atoms. The highest BCUT2D eigenvalue weighted by molar-refractivity contribution is 5.86. The van der Waals surface area contributed by atoms with E-state index in [0.29, 0.717) is 17.2 Å². The van der Waals surface area contributed by atoms with E-state index in [2.05, 4.69) is 6.92 Å². The number of hydrogen-bond acceptors (Lipinski definition) is 4. The summed E-state index contributed by atoms with van der Waals surface area (Å²) in [4.78, 5) is 11.9. The summed E-state index contributed by atoms with van der Waals surface area (Å²) in [6.07, 6.45) is 4.18. The first-order valence-electron chi connectivity index (χ1n) is 6.45. The number of ether oxygens (including phenoxy) is 3. The van der Waals surface area contributed by atoms with Crippen molar-refractivity contribution in [3.63, 3.8) is 0 Å². The minimum Gasteiger partial charge on any atom is -0.454 e. The molecule has 0 amide bonds. The Morgan fingerprint density at radius 2 is 1.94 bits per heavy atom. The van der Waals surface area contributed by atoms with E-state index in [1.807, 2.05) is 6.07 Å². The number of carbonyl (C=O) groups excluding carboxylic acids is 1. The Labute approximate surface area is 106 Å². The molecule has 4 nitrogen and oxygen atoms in total. The molecule has 0 aromatic heterocycles. The van der Waals surface area contributed by atoms with E-state index in [1.54, 1.807) is 6.07 Å².